The number of nitrogens with two attached hydrogens (primary N) is 1. The molecule has 1 aliphatic heterocycles. The lowest BCUT2D eigenvalue weighted by atomic mass is 9.91. The van der Waals surface area contributed by atoms with Crippen LogP contribution in [0.25, 0.3) is 0 Å². The smallest absolute Gasteiger partial charge is 0.0509 e. The second kappa shape index (κ2) is 3.11. The van der Waals surface area contributed by atoms with Crippen LogP contribution >= 0.6 is 0 Å². The zero-order valence-electron chi connectivity index (χ0n) is 6.96. The lowest BCUT2D eigenvalue weighted by Gasteiger charge is -2.27. The lowest BCUT2D eigenvalue weighted by molar-refractivity contribution is 0.0420. The first kappa shape index (κ1) is 7.56. The van der Waals surface area contributed by atoms with Crippen LogP contribution in [0.2, 0.25) is 0 Å². The van der Waals surface area contributed by atoms with Gasteiger partial charge in [0.15, 0.2) is 0 Å². The molecule has 0 aromatic rings. The third-order valence-corrected chi connectivity index (χ3v) is 2.91. The fourth-order valence-electron chi connectivity index (χ4n) is 1.94. The van der Waals surface area contributed by atoms with Crippen LogP contribution in [-0.2, 0) is 4.74 Å². The Balaban J connectivity index is 1.81. The van der Waals surface area contributed by atoms with Crippen molar-refractivity contribution in [3.8, 4) is 0 Å². The number of hydrogen-bond donors (Lipinski definition) is 1. The molecule has 0 spiro atoms. The van der Waals surface area contributed by atoms with Crippen molar-refractivity contribution in [2.75, 3.05) is 13.2 Å². The van der Waals surface area contributed by atoms with Crippen molar-refractivity contribution in [2.24, 2.45) is 17.6 Å². The van der Waals surface area contributed by atoms with E-state index in [4.69, 9.17) is 10.5 Å². The third kappa shape index (κ3) is 1.74. The van der Waals surface area contributed by atoms with Crippen molar-refractivity contribution < 1.29 is 4.74 Å². The molecule has 11 heavy (non-hydrogen) atoms. The van der Waals surface area contributed by atoms with Gasteiger partial charge in [0.1, 0.15) is 0 Å². The Morgan fingerprint density at radius 2 is 2.00 bits per heavy atom. The molecule has 2 aliphatic rings. The quantitative estimate of drug-likeness (QED) is 0.649. The predicted molar refractivity (Wildman–Crippen MR) is 44.2 cm³/mol. The SMILES string of the molecule is N[C@@H](C1CC1)[C@@H]1CCCOC1. The summed E-state index contributed by atoms with van der Waals surface area (Å²) in [5.74, 6) is 1.50. The summed E-state index contributed by atoms with van der Waals surface area (Å²) in [7, 11) is 0. The Labute approximate surface area is 68.1 Å². The molecule has 0 amide bonds. The van der Waals surface area contributed by atoms with E-state index in [1.165, 1.54) is 25.7 Å². The van der Waals surface area contributed by atoms with E-state index in [-0.39, 0.29) is 0 Å². The van der Waals surface area contributed by atoms with Crippen molar-refractivity contribution in [3.63, 3.8) is 0 Å². The van der Waals surface area contributed by atoms with E-state index in [0.29, 0.717) is 12.0 Å². The van der Waals surface area contributed by atoms with Crippen LogP contribution in [0, 0.1) is 11.8 Å². The molecule has 0 aromatic heterocycles. The predicted octanol–water partition coefficient (Wildman–Crippen LogP) is 1.15. The first-order chi connectivity index (χ1) is 5.38. The van der Waals surface area contributed by atoms with Crippen molar-refractivity contribution >= 4 is 0 Å². The van der Waals surface area contributed by atoms with Crippen molar-refractivity contribution in [2.45, 2.75) is 31.7 Å². The van der Waals surface area contributed by atoms with Gasteiger partial charge in [0.05, 0.1) is 6.61 Å². The highest BCUT2D eigenvalue weighted by atomic mass is 16.5. The minimum absolute atomic E-state index is 0.440. The van der Waals surface area contributed by atoms with Gasteiger partial charge in [0, 0.05) is 12.6 Å². The van der Waals surface area contributed by atoms with E-state index >= 15 is 0 Å². The maximum atomic E-state index is 6.07. The molecule has 1 heterocycles. The average Bonchev–Trinajstić information content (AvgIpc) is 2.87. The normalized spacial score (nSPS) is 35.2. The molecule has 2 heteroatoms. The van der Waals surface area contributed by atoms with Gasteiger partial charge in [0.2, 0.25) is 0 Å². The van der Waals surface area contributed by atoms with Gasteiger partial charge in [-0.05, 0) is 37.5 Å². The highest BCUT2D eigenvalue weighted by molar-refractivity contribution is 4.89. The van der Waals surface area contributed by atoms with Crippen LogP contribution in [0.5, 0.6) is 0 Å². The Bertz CT molecular complexity index is 128. The van der Waals surface area contributed by atoms with E-state index in [1.807, 2.05) is 0 Å². The van der Waals surface area contributed by atoms with E-state index in [2.05, 4.69) is 0 Å². The minimum atomic E-state index is 0.440. The molecule has 1 aliphatic carbocycles. The fraction of sp³-hybridized carbons (Fsp3) is 1.00. The van der Waals surface area contributed by atoms with E-state index < -0.39 is 0 Å². The topological polar surface area (TPSA) is 35.2 Å². The first-order valence-corrected chi connectivity index (χ1v) is 4.71. The van der Waals surface area contributed by atoms with Crippen molar-refractivity contribution in [1.29, 1.82) is 0 Å². The zero-order valence-corrected chi connectivity index (χ0v) is 6.96. The van der Waals surface area contributed by atoms with Gasteiger partial charge in [-0.15, -0.1) is 0 Å². The molecule has 1 saturated carbocycles. The molecule has 2 rings (SSSR count). The monoisotopic (exact) mass is 155 g/mol. The number of ether oxygens (including phenoxy) is 1. The molecule has 64 valence electrons. The molecule has 2 nitrogen and oxygen atoms in total. The van der Waals surface area contributed by atoms with E-state index in [0.717, 1.165) is 19.1 Å². The molecule has 0 aromatic carbocycles. The van der Waals surface area contributed by atoms with E-state index in [9.17, 15) is 0 Å². The van der Waals surface area contributed by atoms with Crippen LogP contribution in [-0.4, -0.2) is 19.3 Å². The van der Waals surface area contributed by atoms with Crippen LogP contribution in [0.4, 0.5) is 0 Å². The Kier molecular flexibility index (Phi) is 2.14. The number of rotatable bonds is 2. The molecular formula is C9H17NO. The van der Waals surface area contributed by atoms with Gasteiger partial charge in [-0.3, -0.25) is 0 Å². The summed E-state index contributed by atoms with van der Waals surface area (Å²) >= 11 is 0. The largest absolute Gasteiger partial charge is 0.381 e. The van der Waals surface area contributed by atoms with Crippen LogP contribution in [0.1, 0.15) is 25.7 Å². The molecule has 0 radical (unpaired) electrons. The standard InChI is InChI=1S/C9H17NO/c10-9(7-3-4-7)8-2-1-5-11-6-8/h7-9H,1-6,10H2/t8-,9+/m1/s1. The highest BCUT2D eigenvalue weighted by Crippen LogP contribution is 2.36. The van der Waals surface area contributed by atoms with Gasteiger partial charge in [-0.2, -0.15) is 0 Å². The molecule has 1 saturated heterocycles. The van der Waals surface area contributed by atoms with Gasteiger partial charge >= 0.3 is 0 Å². The van der Waals surface area contributed by atoms with Crippen molar-refractivity contribution in [1.82, 2.24) is 0 Å². The van der Waals surface area contributed by atoms with Crippen LogP contribution in [0.15, 0.2) is 0 Å². The zero-order chi connectivity index (χ0) is 7.68. The minimum Gasteiger partial charge on any atom is -0.381 e. The lowest BCUT2D eigenvalue weighted by Crippen LogP contribution is -2.37. The molecule has 2 atom stereocenters. The summed E-state index contributed by atoms with van der Waals surface area (Å²) in [6.07, 6.45) is 5.22. The Morgan fingerprint density at radius 1 is 1.18 bits per heavy atom. The van der Waals surface area contributed by atoms with Gasteiger partial charge in [-0.25, -0.2) is 0 Å². The number of hydrogen-bond acceptors (Lipinski definition) is 2. The second-order valence-corrected chi connectivity index (χ2v) is 3.89. The fourth-order valence-corrected chi connectivity index (χ4v) is 1.94. The molecule has 0 unspecified atom stereocenters. The first-order valence-electron chi connectivity index (χ1n) is 4.71. The van der Waals surface area contributed by atoms with Crippen LogP contribution in [0.3, 0.4) is 0 Å². The summed E-state index contributed by atoms with van der Waals surface area (Å²) in [6, 6.07) is 0.440. The third-order valence-electron chi connectivity index (χ3n) is 2.91. The van der Waals surface area contributed by atoms with Gasteiger partial charge in [0.25, 0.3) is 0 Å². The highest BCUT2D eigenvalue weighted by Gasteiger charge is 2.34. The molecule has 2 N–H and O–H groups in total. The summed E-state index contributed by atoms with van der Waals surface area (Å²) in [4.78, 5) is 0. The Hall–Kier alpha value is -0.0800. The summed E-state index contributed by atoms with van der Waals surface area (Å²) in [5.41, 5.74) is 6.07. The summed E-state index contributed by atoms with van der Waals surface area (Å²) < 4.78 is 5.40. The van der Waals surface area contributed by atoms with Crippen LogP contribution < -0.4 is 5.73 Å². The summed E-state index contributed by atoms with van der Waals surface area (Å²) in [5, 5.41) is 0. The average molecular weight is 155 g/mol. The molecule has 2 fully saturated rings. The van der Waals surface area contributed by atoms with Gasteiger partial charge < -0.3 is 10.5 Å². The van der Waals surface area contributed by atoms with E-state index in [1.54, 1.807) is 0 Å². The Morgan fingerprint density at radius 3 is 2.55 bits per heavy atom. The maximum Gasteiger partial charge on any atom is 0.0509 e. The molecular weight excluding hydrogens is 138 g/mol. The molecule has 0 bridgehead atoms. The van der Waals surface area contributed by atoms with Gasteiger partial charge in [-0.1, -0.05) is 0 Å². The second-order valence-electron chi connectivity index (χ2n) is 3.89. The van der Waals surface area contributed by atoms with Crippen molar-refractivity contribution in [3.05, 3.63) is 0 Å². The maximum absolute atomic E-state index is 6.07. The summed E-state index contributed by atoms with van der Waals surface area (Å²) in [6.45, 7) is 1.87.